The van der Waals surface area contributed by atoms with Gasteiger partial charge in [0.2, 0.25) is 18.1 Å². The van der Waals surface area contributed by atoms with Gasteiger partial charge >= 0.3 is 0 Å². The van der Waals surface area contributed by atoms with E-state index in [1.165, 1.54) is 7.11 Å². The Morgan fingerprint density at radius 2 is 2.27 bits per heavy atom. The Labute approximate surface area is 126 Å². The lowest BCUT2D eigenvalue weighted by Crippen LogP contribution is -2.48. The first kappa shape index (κ1) is 15.2. The summed E-state index contributed by atoms with van der Waals surface area (Å²) >= 11 is 0. The molecule has 1 aromatic heterocycles. The van der Waals surface area contributed by atoms with E-state index >= 15 is 0 Å². The van der Waals surface area contributed by atoms with E-state index in [4.69, 9.17) is 15.2 Å². The Kier molecular flexibility index (Phi) is 3.78. The van der Waals surface area contributed by atoms with Crippen LogP contribution in [0.5, 0.6) is 0 Å². The third-order valence-corrected chi connectivity index (χ3v) is 3.97. The Balaban J connectivity index is 1.99. The number of rotatable bonds is 3. The molecule has 0 amide bonds. The number of aryl methyl sites for hydroxylation is 1. The number of hydrogen-bond acceptors (Lipinski definition) is 8. The van der Waals surface area contributed by atoms with Crippen LogP contribution in [-0.2, 0) is 16.5 Å². The molecule has 2 aliphatic heterocycles. The highest BCUT2D eigenvalue weighted by molar-refractivity contribution is 5.92. The van der Waals surface area contributed by atoms with Gasteiger partial charge in [-0.15, -0.1) is 0 Å². The van der Waals surface area contributed by atoms with E-state index in [9.17, 15) is 15.3 Å². The number of nitrogens with zero attached hydrogens (tertiary/aromatic N) is 3. The molecule has 3 rings (SSSR count). The standard InChI is InChI=1S/C12H20N5O5/c1-16-4-17(9-6(16)10(20)15-12(13)14-9)11-7(19)8(21-2)5(3-18)22-11/h4-5,7-8,10-11,18-20H,3H2,1-2H3,(H3,13,14,15)/q+1/t5?,7?,8-,10?,11?/m0/s1. The van der Waals surface area contributed by atoms with E-state index in [0.29, 0.717) is 11.5 Å². The number of nitrogens with one attached hydrogen (secondary N) is 1. The largest absolute Gasteiger partial charge is 0.394 e. The third-order valence-electron chi connectivity index (χ3n) is 3.97. The summed E-state index contributed by atoms with van der Waals surface area (Å²) < 4.78 is 14.1. The quantitative estimate of drug-likeness (QED) is 0.383. The van der Waals surface area contributed by atoms with Crippen molar-refractivity contribution in [1.82, 2.24) is 4.57 Å². The molecule has 3 heterocycles. The number of methoxy groups -OCH3 is 1. The monoisotopic (exact) mass is 314 g/mol. The molecule has 1 fully saturated rings. The summed E-state index contributed by atoms with van der Waals surface area (Å²) in [6.45, 7) is -0.276. The molecule has 6 N–H and O–H groups in total. The molecular formula is C12H20N5O5+. The number of fused-ring (bicyclic) bond motifs is 1. The van der Waals surface area contributed by atoms with Crippen LogP contribution in [0.25, 0.3) is 0 Å². The molecule has 0 spiro atoms. The van der Waals surface area contributed by atoms with Gasteiger partial charge in [0.25, 0.3) is 11.8 Å². The highest BCUT2D eigenvalue weighted by atomic mass is 16.6. The minimum absolute atomic E-state index is 0.0643. The first-order valence-electron chi connectivity index (χ1n) is 6.83. The number of imidazole rings is 1. The van der Waals surface area contributed by atoms with E-state index in [0.717, 1.165) is 0 Å². The van der Waals surface area contributed by atoms with Crippen molar-refractivity contribution in [1.29, 1.82) is 0 Å². The molecule has 2 aliphatic rings. The number of nitrogens with two attached hydrogens (primary N) is 1. The summed E-state index contributed by atoms with van der Waals surface area (Å²) in [5.41, 5.74) is 6.14. The smallest absolute Gasteiger partial charge is 0.271 e. The van der Waals surface area contributed by atoms with Gasteiger partial charge in [0.05, 0.1) is 13.7 Å². The second-order valence-electron chi connectivity index (χ2n) is 5.32. The van der Waals surface area contributed by atoms with E-state index in [-0.39, 0.29) is 12.6 Å². The predicted molar refractivity (Wildman–Crippen MR) is 73.6 cm³/mol. The number of anilines is 1. The minimum atomic E-state index is -1.10. The van der Waals surface area contributed by atoms with Crippen LogP contribution in [0.15, 0.2) is 11.3 Å². The number of aliphatic imine (C=N–C) groups is 1. The summed E-state index contributed by atoms with van der Waals surface area (Å²) in [7, 11) is 3.18. The van der Waals surface area contributed by atoms with Crippen LogP contribution < -0.4 is 15.6 Å². The summed E-state index contributed by atoms with van der Waals surface area (Å²) in [6, 6.07) is 0. The Morgan fingerprint density at radius 3 is 2.86 bits per heavy atom. The minimum Gasteiger partial charge on any atom is -0.394 e. The van der Waals surface area contributed by atoms with Gasteiger partial charge in [-0.2, -0.15) is 4.99 Å². The van der Waals surface area contributed by atoms with Crippen LogP contribution in [0.1, 0.15) is 18.1 Å². The summed E-state index contributed by atoms with van der Waals surface area (Å²) in [6.07, 6.45) is -2.53. The van der Waals surface area contributed by atoms with Gasteiger partial charge in [-0.3, -0.25) is 4.57 Å². The van der Waals surface area contributed by atoms with Gasteiger partial charge in [-0.05, 0) is 0 Å². The number of aromatic nitrogens is 2. The molecule has 22 heavy (non-hydrogen) atoms. The van der Waals surface area contributed by atoms with Crippen LogP contribution in [-0.4, -0.2) is 57.9 Å². The molecule has 4 unspecified atom stereocenters. The van der Waals surface area contributed by atoms with Crippen molar-refractivity contribution < 1.29 is 29.4 Å². The average molecular weight is 314 g/mol. The number of hydrogen-bond donors (Lipinski definition) is 5. The van der Waals surface area contributed by atoms with Gasteiger partial charge in [0, 0.05) is 7.11 Å². The number of aliphatic hydroxyl groups is 3. The van der Waals surface area contributed by atoms with Crippen molar-refractivity contribution in [3.63, 3.8) is 0 Å². The second kappa shape index (κ2) is 5.48. The van der Waals surface area contributed by atoms with Crippen molar-refractivity contribution >= 4 is 11.8 Å². The molecule has 122 valence electrons. The average Bonchev–Trinajstić information content (AvgIpc) is 2.96. The zero-order valence-corrected chi connectivity index (χ0v) is 12.2. The molecule has 1 saturated heterocycles. The first-order chi connectivity index (χ1) is 10.5. The molecule has 5 atom stereocenters. The third kappa shape index (κ3) is 2.16. The summed E-state index contributed by atoms with van der Waals surface area (Å²) in [5, 5.41) is 32.6. The van der Waals surface area contributed by atoms with E-state index < -0.39 is 30.8 Å². The van der Waals surface area contributed by atoms with Crippen molar-refractivity contribution in [2.75, 3.05) is 19.0 Å². The SMILES string of the molecule is CO[C@H]1C(CO)OC([n+]2cn(C)c3c2NC(N)=NC3O)C1O. The molecular weight excluding hydrogens is 294 g/mol. The number of ether oxygens (including phenoxy) is 2. The highest BCUT2D eigenvalue weighted by Gasteiger charge is 2.48. The molecule has 0 aliphatic carbocycles. The van der Waals surface area contributed by atoms with Crippen LogP contribution in [0.4, 0.5) is 5.82 Å². The van der Waals surface area contributed by atoms with Crippen molar-refractivity contribution in [2.24, 2.45) is 17.8 Å². The van der Waals surface area contributed by atoms with Gasteiger partial charge in [-0.1, -0.05) is 0 Å². The fourth-order valence-corrected chi connectivity index (χ4v) is 2.97. The normalized spacial score (nSPS) is 34.2. The van der Waals surface area contributed by atoms with Gasteiger partial charge in [0.15, 0.2) is 6.33 Å². The lowest BCUT2D eigenvalue weighted by Gasteiger charge is -2.18. The lowest BCUT2D eigenvalue weighted by atomic mass is 10.1. The molecule has 0 saturated carbocycles. The van der Waals surface area contributed by atoms with Crippen molar-refractivity contribution in [3.8, 4) is 0 Å². The topological polar surface area (TPSA) is 138 Å². The molecule has 10 nitrogen and oxygen atoms in total. The lowest BCUT2D eigenvalue weighted by molar-refractivity contribution is -0.753. The highest BCUT2D eigenvalue weighted by Crippen LogP contribution is 2.31. The van der Waals surface area contributed by atoms with Gasteiger partial charge < -0.3 is 30.5 Å². The molecule has 0 aromatic carbocycles. The maximum atomic E-state index is 10.4. The van der Waals surface area contributed by atoms with E-state index in [1.54, 1.807) is 22.5 Å². The fraction of sp³-hybridized carbons (Fsp3) is 0.667. The summed E-state index contributed by atoms with van der Waals surface area (Å²) in [4.78, 5) is 3.84. The zero-order chi connectivity index (χ0) is 16.0. The van der Waals surface area contributed by atoms with Crippen LogP contribution in [0.3, 0.4) is 0 Å². The fourth-order valence-electron chi connectivity index (χ4n) is 2.97. The number of aliphatic hydroxyl groups excluding tert-OH is 3. The number of guanidine groups is 1. The predicted octanol–water partition coefficient (Wildman–Crippen LogP) is -2.69. The molecule has 0 radical (unpaired) electrons. The van der Waals surface area contributed by atoms with Crippen molar-refractivity contribution in [3.05, 3.63) is 12.0 Å². The molecule has 1 aromatic rings. The Hall–Kier alpha value is -1.72. The van der Waals surface area contributed by atoms with Gasteiger partial charge in [-0.25, -0.2) is 9.88 Å². The Bertz CT molecular complexity index is 603. The van der Waals surface area contributed by atoms with Crippen LogP contribution in [0.2, 0.25) is 0 Å². The van der Waals surface area contributed by atoms with Gasteiger partial charge in [0.1, 0.15) is 18.3 Å². The summed E-state index contributed by atoms with van der Waals surface area (Å²) in [5.74, 6) is 0.537. The maximum absolute atomic E-state index is 10.4. The molecule has 0 bridgehead atoms. The van der Waals surface area contributed by atoms with E-state index in [2.05, 4.69) is 10.3 Å². The molecule has 10 heteroatoms. The first-order valence-corrected chi connectivity index (χ1v) is 6.83. The zero-order valence-electron chi connectivity index (χ0n) is 12.2. The maximum Gasteiger partial charge on any atom is 0.271 e. The second-order valence-corrected chi connectivity index (χ2v) is 5.32. The van der Waals surface area contributed by atoms with E-state index in [1.807, 2.05) is 0 Å². The van der Waals surface area contributed by atoms with Crippen LogP contribution >= 0.6 is 0 Å². The Morgan fingerprint density at radius 1 is 1.55 bits per heavy atom. The van der Waals surface area contributed by atoms with Crippen LogP contribution in [0, 0.1) is 0 Å². The van der Waals surface area contributed by atoms with Crippen molar-refractivity contribution in [2.45, 2.75) is 30.8 Å².